The lowest BCUT2D eigenvalue weighted by atomic mass is 9.93. The van der Waals surface area contributed by atoms with Gasteiger partial charge in [-0.05, 0) is 25.0 Å². The fraction of sp³-hybridized carbons (Fsp3) is 0.333. The normalized spacial score (nSPS) is 17.4. The van der Waals surface area contributed by atoms with Crippen LogP contribution in [0.3, 0.4) is 0 Å². The molecule has 5 nitrogen and oxygen atoms in total. The van der Waals surface area contributed by atoms with Gasteiger partial charge in [0.1, 0.15) is 17.3 Å². The number of para-hydroxylation sites is 1. The van der Waals surface area contributed by atoms with Crippen LogP contribution in [0.2, 0.25) is 0 Å². The monoisotopic (exact) mass is 272 g/mol. The lowest BCUT2D eigenvalue weighted by Gasteiger charge is -2.26. The van der Waals surface area contributed by atoms with Crippen molar-refractivity contribution in [3.63, 3.8) is 0 Å². The quantitative estimate of drug-likeness (QED) is 0.932. The van der Waals surface area contributed by atoms with Crippen LogP contribution in [0.25, 0.3) is 0 Å². The number of fused-ring (bicyclic) bond motifs is 1. The van der Waals surface area contributed by atoms with E-state index < -0.39 is 5.97 Å². The molecule has 20 heavy (non-hydrogen) atoms. The molecule has 1 N–H and O–H groups in total. The Morgan fingerprint density at radius 1 is 1.50 bits per heavy atom. The van der Waals surface area contributed by atoms with Crippen LogP contribution in [0.5, 0.6) is 5.75 Å². The van der Waals surface area contributed by atoms with Crippen LogP contribution in [0.1, 0.15) is 34.2 Å². The number of hydrogen-bond donors (Lipinski definition) is 1. The number of carboxylic acid groups (broad SMARTS) is 1. The number of carbonyl (C=O) groups is 1. The van der Waals surface area contributed by atoms with Crippen molar-refractivity contribution >= 4 is 5.97 Å². The van der Waals surface area contributed by atoms with Crippen LogP contribution < -0.4 is 4.74 Å². The topological polar surface area (TPSA) is 64.3 Å². The van der Waals surface area contributed by atoms with Crippen LogP contribution in [0.4, 0.5) is 0 Å². The maximum atomic E-state index is 11.2. The summed E-state index contributed by atoms with van der Waals surface area (Å²) in [5.41, 5.74) is 1.38. The standard InChI is InChI=1S/C15H16N2O3/c1-10-16-8-13(15(18)19)17(10)9-11-6-7-20-14-5-3-2-4-12(11)14/h2-5,8,11H,6-7,9H2,1H3,(H,18,19). The molecule has 0 spiro atoms. The Morgan fingerprint density at radius 2 is 2.30 bits per heavy atom. The predicted molar refractivity (Wildman–Crippen MR) is 73.2 cm³/mol. The minimum absolute atomic E-state index is 0.242. The predicted octanol–water partition coefficient (Wildman–Crippen LogP) is 2.46. The highest BCUT2D eigenvalue weighted by atomic mass is 16.5. The second kappa shape index (κ2) is 5.00. The van der Waals surface area contributed by atoms with Gasteiger partial charge in [0.25, 0.3) is 0 Å². The molecule has 0 bridgehead atoms. The highest BCUT2D eigenvalue weighted by Gasteiger charge is 2.24. The number of nitrogens with zero attached hydrogens (tertiary/aromatic N) is 2. The van der Waals surface area contributed by atoms with Crippen molar-refractivity contribution in [3.05, 3.63) is 47.5 Å². The van der Waals surface area contributed by atoms with Crippen molar-refractivity contribution in [1.82, 2.24) is 9.55 Å². The minimum Gasteiger partial charge on any atom is -0.493 e. The van der Waals surface area contributed by atoms with E-state index in [1.807, 2.05) is 31.2 Å². The number of carboxylic acids is 1. The Balaban J connectivity index is 1.93. The Bertz CT molecular complexity index is 648. The van der Waals surface area contributed by atoms with E-state index in [4.69, 9.17) is 4.74 Å². The van der Waals surface area contributed by atoms with Crippen molar-refractivity contribution in [3.8, 4) is 5.75 Å². The molecule has 0 saturated heterocycles. The molecule has 0 radical (unpaired) electrons. The zero-order valence-electron chi connectivity index (χ0n) is 11.2. The molecule has 1 aliphatic rings. The van der Waals surface area contributed by atoms with Crippen LogP contribution in [0, 0.1) is 6.92 Å². The molecule has 3 rings (SSSR count). The smallest absolute Gasteiger partial charge is 0.354 e. The van der Waals surface area contributed by atoms with E-state index in [0.717, 1.165) is 23.6 Å². The van der Waals surface area contributed by atoms with Gasteiger partial charge >= 0.3 is 5.97 Å². The molecule has 2 heterocycles. The van der Waals surface area contributed by atoms with Gasteiger partial charge in [0.2, 0.25) is 0 Å². The Labute approximate surface area is 116 Å². The summed E-state index contributed by atoms with van der Waals surface area (Å²) < 4.78 is 7.41. The zero-order valence-corrected chi connectivity index (χ0v) is 11.2. The van der Waals surface area contributed by atoms with Gasteiger partial charge < -0.3 is 14.4 Å². The third-order valence-electron chi connectivity index (χ3n) is 3.76. The first-order valence-corrected chi connectivity index (χ1v) is 6.64. The third kappa shape index (κ3) is 2.15. The average molecular weight is 272 g/mol. The summed E-state index contributed by atoms with van der Waals surface area (Å²) in [6, 6.07) is 7.94. The summed E-state index contributed by atoms with van der Waals surface area (Å²) in [5, 5.41) is 9.22. The van der Waals surface area contributed by atoms with E-state index in [1.165, 1.54) is 6.20 Å². The van der Waals surface area contributed by atoms with Gasteiger partial charge in [-0.25, -0.2) is 9.78 Å². The summed E-state index contributed by atoms with van der Waals surface area (Å²) in [6.07, 6.45) is 2.30. The molecule has 1 unspecified atom stereocenters. The second-order valence-electron chi connectivity index (χ2n) is 4.98. The van der Waals surface area contributed by atoms with Gasteiger partial charge in [0, 0.05) is 12.5 Å². The molecule has 1 aliphatic heterocycles. The molecule has 5 heteroatoms. The molecule has 0 amide bonds. The highest BCUT2D eigenvalue weighted by Crippen LogP contribution is 2.34. The van der Waals surface area contributed by atoms with Crippen LogP contribution in [-0.2, 0) is 6.54 Å². The molecule has 2 aromatic rings. The first-order chi connectivity index (χ1) is 9.66. The lowest BCUT2D eigenvalue weighted by Crippen LogP contribution is -2.21. The minimum atomic E-state index is -0.939. The fourth-order valence-corrected chi connectivity index (χ4v) is 2.70. The molecule has 0 aliphatic carbocycles. The van der Waals surface area contributed by atoms with E-state index in [9.17, 15) is 9.90 Å². The van der Waals surface area contributed by atoms with Crippen LogP contribution in [-0.4, -0.2) is 27.2 Å². The van der Waals surface area contributed by atoms with Gasteiger partial charge in [-0.2, -0.15) is 0 Å². The van der Waals surface area contributed by atoms with Crippen molar-refractivity contribution in [2.75, 3.05) is 6.61 Å². The molecule has 0 saturated carbocycles. The number of aromatic nitrogens is 2. The maximum Gasteiger partial charge on any atom is 0.354 e. The fourth-order valence-electron chi connectivity index (χ4n) is 2.70. The summed E-state index contributed by atoms with van der Waals surface area (Å²) >= 11 is 0. The van der Waals surface area contributed by atoms with Crippen molar-refractivity contribution < 1.29 is 14.6 Å². The number of rotatable bonds is 3. The van der Waals surface area contributed by atoms with Gasteiger partial charge in [-0.15, -0.1) is 0 Å². The number of hydrogen-bond acceptors (Lipinski definition) is 3. The van der Waals surface area contributed by atoms with Crippen molar-refractivity contribution in [1.29, 1.82) is 0 Å². The lowest BCUT2D eigenvalue weighted by molar-refractivity contribution is 0.0684. The van der Waals surface area contributed by atoms with Crippen LogP contribution in [0.15, 0.2) is 30.5 Å². The molecule has 1 aromatic carbocycles. The molecular weight excluding hydrogens is 256 g/mol. The van der Waals surface area contributed by atoms with Gasteiger partial charge in [-0.1, -0.05) is 18.2 Å². The Kier molecular flexibility index (Phi) is 3.18. The van der Waals surface area contributed by atoms with E-state index in [2.05, 4.69) is 4.98 Å². The summed E-state index contributed by atoms with van der Waals surface area (Å²) in [7, 11) is 0. The summed E-state index contributed by atoms with van der Waals surface area (Å²) in [4.78, 5) is 15.3. The van der Waals surface area contributed by atoms with Crippen molar-refractivity contribution in [2.24, 2.45) is 0 Å². The Morgan fingerprint density at radius 3 is 3.10 bits per heavy atom. The van der Waals surface area contributed by atoms with Crippen LogP contribution >= 0.6 is 0 Å². The Hall–Kier alpha value is -2.30. The first kappa shape index (κ1) is 12.7. The average Bonchev–Trinajstić information content (AvgIpc) is 2.81. The summed E-state index contributed by atoms with van der Waals surface area (Å²) in [5.74, 6) is 0.946. The van der Waals surface area contributed by atoms with Gasteiger partial charge in [0.15, 0.2) is 0 Å². The molecule has 0 fully saturated rings. The van der Waals surface area contributed by atoms with E-state index in [-0.39, 0.29) is 11.6 Å². The molecule has 104 valence electrons. The second-order valence-corrected chi connectivity index (χ2v) is 4.98. The number of aryl methyl sites for hydroxylation is 1. The highest BCUT2D eigenvalue weighted by molar-refractivity contribution is 5.85. The largest absolute Gasteiger partial charge is 0.493 e. The summed E-state index contributed by atoms with van der Waals surface area (Å²) in [6.45, 7) is 3.11. The van der Waals surface area contributed by atoms with Crippen molar-refractivity contribution in [2.45, 2.75) is 25.8 Å². The zero-order chi connectivity index (χ0) is 14.1. The van der Waals surface area contributed by atoms with Gasteiger partial charge in [0.05, 0.1) is 12.8 Å². The first-order valence-electron chi connectivity index (χ1n) is 6.64. The van der Waals surface area contributed by atoms with E-state index >= 15 is 0 Å². The number of aromatic carboxylic acids is 1. The SMILES string of the molecule is Cc1ncc(C(=O)O)n1CC1CCOc2ccccc21. The van der Waals surface area contributed by atoms with E-state index in [0.29, 0.717) is 13.2 Å². The maximum absolute atomic E-state index is 11.2. The van der Waals surface area contributed by atoms with Gasteiger partial charge in [-0.3, -0.25) is 0 Å². The third-order valence-corrected chi connectivity index (χ3v) is 3.76. The molecule has 1 atom stereocenters. The number of imidazole rings is 1. The number of benzene rings is 1. The molecule has 1 aromatic heterocycles. The number of ether oxygens (including phenoxy) is 1. The molecular formula is C15H16N2O3. The van der Waals surface area contributed by atoms with E-state index in [1.54, 1.807) is 4.57 Å².